The van der Waals surface area contributed by atoms with Crippen molar-refractivity contribution in [2.75, 3.05) is 31.1 Å². The molecule has 2 saturated heterocycles. The summed E-state index contributed by atoms with van der Waals surface area (Å²) >= 11 is 0. The van der Waals surface area contributed by atoms with E-state index in [1.54, 1.807) is 6.26 Å². The zero-order chi connectivity index (χ0) is 21.1. The summed E-state index contributed by atoms with van der Waals surface area (Å²) in [6.45, 7) is 2.30. The molecular formula is C20H28N4O5S. The molecule has 30 heavy (non-hydrogen) atoms. The fourth-order valence-corrected chi connectivity index (χ4v) is 6.09. The predicted molar refractivity (Wildman–Crippen MR) is 110 cm³/mol. The second-order valence-electron chi connectivity index (χ2n) is 8.18. The quantitative estimate of drug-likeness (QED) is 0.714. The van der Waals surface area contributed by atoms with Gasteiger partial charge in [0.1, 0.15) is 11.5 Å². The first kappa shape index (κ1) is 21.0. The molecule has 4 rings (SSSR count). The van der Waals surface area contributed by atoms with E-state index in [9.17, 15) is 18.0 Å². The summed E-state index contributed by atoms with van der Waals surface area (Å²) in [6.07, 6.45) is 5.89. The van der Waals surface area contributed by atoms with E-state index in [0.29, 0.717) is 13.0 Å². The van der Waals surface area contributed by atoms with Gasteiger partial charge in [-0.05, 0) is 44.5 Å². The van der Waals surface area contributed by atoms with Crippen molar-refractivity contribution in [1.82, 2.24) is 15.2 Å². The fraction of sp³-hybridized carbons (Fsp3) is 0.650. The van der Waals surface area contributed by atoms with Gasteiger partial charge >= 0.3 is 0 Å². The van der Waals surface area contributed by atoms with E-state index in [-0.39, 0.29) is 47.9 Å². The minimum atomic E-state index is -3.14. The Morgan fingerprint density at radius 2 is 2.07 bits per heavy atom. The van der Waals surface area contributed by atoms with Crippen molar-refractivity contribution in [3.8, 4) is 0 Å². The van der Waals surface area contributed by atoms with Crippen LogP contribution in [0.15, 0.2) is 27.9 Å². The molecule has 10 heteroatoms. The largest absolute Gasteiger partial charge is 0.468 e. The van der Waals surface area contributed by atoms with Gasteiger partial charge in [0.2, 0.25) is 5.91 Å². The third-order valence-electron chi connectivity index (χ3n) is 6.04. The average Bonchev–Trinajstić information content (AvgIpc) is 3.39. The van der Waals surface area contributed by atoms with E-state index in [1.807, 2.05) is 12.1 Å². The van der Waals surface area contributed by atoms with Crippen LogP contribution in [0.5, 0.6) is 0 Å². The zero-order valence-corrected chi connectivity index (χ0v) is 17.8. The van der Waals surface area contributed by atoms with E-state index < -0.39 is 15.9 Å². The number of amides is 2. The van der Waals surface area contributed by atoms with Crippen molar-refractivity contribution in [3.05, 3.63) is 24.2 Å². The molecule has 2 amide bonds. The lowest BCUT2D eigenvalue weighted by atomic mass is 10.1. The molecule has 1 aromatic heterocycles. The maximum Gasteiger partial charge on any atom is 0.267 e. The number of hydrogen-bond acceptors (Lipinski definition) is 7. The molecule has 0 radical (unpaired) electrons. The Morgan fingerprint density at radius 3 is 2.73 bits per heavy atom. The smallest absolute Gasteiger partial charge is 0.267 e. The summed E-state index contributed by atoms with van der Waals surface area (Å²) in [4.78, 5) is 27.4. The lowest BCUT2D eigenvalue weighted by molar-refractivity contribution is -0.133. The van der Waals surface area contributed by atoms with Crippen LogP contribution >= 0.6 is 0 Å². The van der Waals surface area contributed by atoms with Gasteiger partial charge in [-0.1, -0.05) is 6.42 Å². The van der Waals surface area contributed by atoms with Crippen LogP contribution in [0.2, 0.25) is 0 Å². The molecule has 0 bridgehead atoms. The van der Waals surface area contributed by atoms with Crippen molar-refractivity contribution in [1.29, 1.82) is 0 Å². The molecule has 4 heterocycles. The summed E-state index contributed by atoms with van der Waals surface area (Å²) in [5.41, 5.74) is 0.274. The van der Waals surface area contributed by atoms with Crippen molar-refractivity contribution in [2.24, 2.45) is 5.10 Å². The van der Waals surface area contributed by atoms with Gasteiger partial charge in [0.15, 0.2) is 9.84 Å². The summed E-state index contributed by atoms with van der Waals surface area (Å²) in [5.74, 6) is 0.235. The Morgan fingerprint density at radius 1 is 1.27 bits per heavy atom. The summed E-state index contributed by atoms with van der Waals surface area (Å²) in [6, 6.07) is 3.24. The van der Waals surface area contributed by atoms with Crippen molar-refractivity contribution in [2.45, 2.75) is 50.6 Å². The van der Waals surface area contributed by atoms with Gasteiger partial charge in [-0.15, -0.1) is 0 Å². The molecule has 164 valence electrons. The van der Waals surface area contributed by atoms with Crippen LogP contribution < -0.4 is 5.32 Å². The SMILES string of the molecule is O=C(NCC(c1ccco1)N1CCCCC1)C1=NN(C2CCS(=O)(=O)C2)C(=O)CC1. The van der Waals surface area contributed by atoms with E-state index in [0.717, 1.165) is 31.7 Å². The van der Waals surface area contributed by atoms with Gasteiger partial charge < -0.3 is 9.73 Å². The van der Waals surface area contributed by atoms with Gasteiger partial charge in [0, 0.05) is 19.4 Å². The number of nitrogens with one attached hydrogen (secondary N) is 1. The second kappa shape index (κ2) is 8.89. The van der Waals surface area contributed by atoms with Gasteiger partial charge in [0.05, 0.1) is 29.9 Å². The molecule has 1 aromatic rings. The Hall–Kier alpha value is -2.20. The molecule has 2 fully saturated rings. The van der Waals surface area contributed by atoms with Gasteiger partial charge in [-0.3, -0.25) is 14.5 Å². The Bertz CT molecular complexity index is 906. The third kappa shape index (κ3) is 4.75. The van der Waals surface area contributed by atoms with Crippen LogP contribution in [0, 0.1) is 0 Å². The number of hydrogen-bond donors (Lipinski definition) is 1. The predicted octanol–water partition coefficient (Wildman–Crippen LogP) is 1.09. The number of furan rings is 1. The minimum absolute atomic E-state index is 0.0499. The average molecular weight is 437 g/mol. The first-order valence-corrected chi connectivity index (χ1v) is 12.4. The first-order valence-electron chi connectivity index (χ1n) is 10.6. The lowest BCUT2D eigenvalue weighted by Gasteiger charge is -2.33. The monoisotopic (exact) mass is 436 g/mol. The maximum absolute atomic E-state index is 12.8. The topological polar surface area (TPSA) is 112 Å². The highest BCUT2D eigenvalue weighted by Gasteiger charge is 2.37. The number of sulfone groups is 1. The number of hydrazone groups is 1. The number of carbonyl (C=O) groups is 2. The molecule has 0 spiro atoms. The molecular weight excluding hydrogens is 408 g/mol. The summed E-state index contributed by atoms with van der Waals surface area (Å²) in [5, 5.41) is 8.42. The van der Waals surface area contributed by atoms with Crippen molar-refractivity contribution < 1.29 is 22.4 Å². The highest BCUT2D eigenvalue weighted by atomic mass is 32.2. The van der Waals surface area contributed by atoms with Crippen LogP contribution in [-0.4, -0.2) is 73.0 Å². The highest BCUT2D eigenvalue weighted by Crippen LogP contribution is 2.25. The minimum Gasteiger partial charge on any atom is -0.468 e. The zero-order valence-electron chi connectivity index (χ0n) is 17.0. The summed E-state index contributed by atoms with van der Waals surface area (Å²) in [7, 11) is -3.14. The number of carbonyl (C=O) groups excluding carboxylic acids is 2. The molecule has 1 N–H and O–H groups in total. The van der Waals surface area contributed by atoms with Gasteiger partial charge in [0.25, 0.3) is 5.91 Å². The molecule has 2 atom stereocenters. The van der Waals surface area contributed by atoms with Gasteiger partial charge in [-0.2, -0.15) is 5.10 Å². The van der Waals surface area contributed by atoms with E-state index in [1.165, 1.54) is 11.4 Å². The van der Waals surface area contributed by atoms with Crippen molar-refractivity contribution >= 4 is 27.4 Å². The molecule has 0 aliphatic carbocycles. The standard InChI is InChI=1S/C20H28N4O5S/c25-19-7-6-16(22-24(19)15-8-12-30(27,28)14-15)20(26)21-13-17(18-5-4-11-29-18)23-9-2-1-3-10-23/h4-5,11,15,17H,1-3,6-10,12-14H2,(H,21,26). The molecule has 3 aliphatic rings. The fourth-order valence-electron chi connectivity index (χ4n) is 4.40. The normalized spacial score (nSPS) is 25.7. The van der Waals surface area contributed by atoms with Crippen LogP contribution in [-0.2, 0) is 19.4 Å². The van der Waals surface area contributed by atoms with Crippen LogP contribution in [0.3, 0.4) is 0 Å². The highest BCUT2D eigenvalue weighted by molar-refractivity contribution is 7.91. The molecule has 3 aliphatic heterocycles. The Labute approximate surface area is 176 Å². The van der Waals surface area contributed by atoms with E-state index >= 15 is 0 Å². The lowest BCUT2D eigenvalue weighted by Crippen LogP contribution is -2.46. The third-order valence-corrected chi connectivity index (χ3v) is 7.79. The van der Waals surface area contributed by atoms with Crippen LogP contribution in [0.1, 0.15) is 50.3 Å². The number of nitrogens with zero attached hydrogens (tertiary/aromatic N) is 3. The maximum atomic E-state index is 12.8. The second-order valence-corrected chi connectivity index (χ2v) is 10.4. The molecule has 0 saturated carbocycles. The first-order chi connectivity index (χ1) is 14.4. The Kier molecular flexibility index (Phi) is 6.24. The molecule has 9 nitrogen and oxygen atoms in total. The number of likely N-dealkylation sites (tertiary alicyclic amines) is 1. The number of rotatable bonds is 6. The van der Waals surface area contributed by atoms with Crippen LogP contribution in [0.4, 0.5) is 0 Å². The van der Waals surface area contributed by atoms with E-state index in [4.69, 9.17) is 4.42 Å². The summed E-state index contributed by atoms with van der Waals surface area (Å²) < 4.78 is 29.1. The van der Waals surface area contributed by atoms with Crippen molar-refractivity contribution in [3.63, 3.8) is 0 Å². The Balaban J connectivity index is 1.43. The van der Waals surface area contributed by atoms with Crippen LogP contribution in [0.25, 0.3) is 0 Å². The van der Waals surface area contributed by atoms with Gasteiger partial charge in [-0.25, -0.2) is 13.4 Å². The molecule has 0 aromatic carbocycles. The number of piperidine rings is 1. The molecule has 2 unspecified atom stereocenters. The van der Waals surface area contributed by atoms with E-state index in [2.05, 4.69) is 15.3 Å².